The Kier molecular flexibility index (Phi) is 6.02. The SMILES string of the molecule is c1ccc2c(c1)B1c3ccccc3N(c3ccc4sc5ccccc5c4c3)c3cccc(c31)N2c1ccc(-c2ccc3oc4ccccc4c3c2)cc1. The number of benzene rings is 8. The molecule has 2 aliphatic heterocycles. The van der Waals surface area contributed by atoms with E-state index >= 15 is 0 Å². The Morgan fingerprint density at radius 2 is 0.981 bits per heavy atom. The van der Waals surface area contributed by atoms with Crippen molar-refractivity contribution in [2.75, 3.05) is 9.80 Å². The summed E-state index contributed by atoms with van der Waals surface area (Å²) in [5, 5.41) is 4.91. The maximum atomic E-state index is 6.12. The number of fused-ring (bicyclic) bond motifs is 10. The third kappa shape index (κ3) is 4.17. The molecule has 0 saturated carbocycles. The van der Waals surface area contributed by atoms with Crippen molar-refractivity contribution in [1.29, 1.82) is 0 Å². The largest absolute Gasteiger partial charge is 0.456 e. The van der Waals surface area contributed by atoms with Crippen molar-refractivity contribution in [3.05, 3.63) is 176 Å². The van der Waals surface area contributed by atoms with E-state index in [4.69, 9.17) is 4.42 Å². The van der Waals surface area contributed by atoms with Gasteiger partial charge in [0.2, 0.25) is 0 Å². The fourth-order valence-corrected chi connectivity index (χ4v) is 10.0. The van der Waals surface area contributed by atoms with Crippen LogP contribution in [-0.2, 0) is 0 Å². The Labute approximate surface area is 310 Å². The number of furan rings is 1. The Morgan fingerprint density at radius 3 is 1.77 bits per heavy atom. The van der Waals surface area contributed by atoms with Crippen molar-refractivity contribution in [1.82, 2.24) is 0 Å². The molecule has 0 saturated heterocycles. The lowest BCUT2D eigenvalue weighted by atomic mass is 9.33. The van der Waals surface area contributed by atoms with Gasteiger partial charge in [-0.05, 0) is 106 Å². The summed E-state index contributed by atoms with van der Waals surface area (Å²) >= 11 is 1.87. The van der Waals surface area contributed by atoms with E-state index in [-0.39, 0.29) is 6.71 Å². The van der Waals surface area contributed by atoms with Crippen molar-refractivity contribution in [3.63, 3.8) is 0 Å². The van der Waals surface area contributed by atoms with Crippen molar-refractivity contribution >= 4 is 111 Å². The van der Waals surface area contributed by atoms with Gasteiger partial charge >= 0.3 is 0 Å². The zero-order valence-electron chi connectivity index (χ0n) is 28.5. The van der Waals surface area contributed by atoms with Crippen LogP contribution >= 0.6 is 11.3 Å². The molecule has 0 radical (unpaired) electrons. The van der Waals surface area contributed by atoms with Gasteiger partial charge in [-0.15, -0.1) is 11.3 Å². The summed E-state index contributed by atoms with van der Waals surface area (Å²) in [6.45, 7) is 0.114. The lowest BCUT2D eigenvalue weighted by molar-refractivity contribution is 0.669. The van der Waals surface area contributed by atoms with Crippen LogP contribution in [0, 0.1) is 0 Å². The molecule has 2 aromatic heterocycles. The number of nitrogens with zero attached hydrogens (tertiary/aromatic N) is 2. The van der Waals surface area contributed by atoms with Crippen LogP contribution in [0.1, 0.15) is 0 Å². The van der Waals surface area contributed by atoms with Crippen molar-refractivity contribution < 1.29 is 4.42 Å². The molecule has 0 amide bonds. The van der Waals surface area contributed by atoms with E-state index in [1.807, 2.05) is 23.5 Å². The summed E-state index contributed by atoms with van der Waals surface area (Å²) in [7, 11) is 0. The first-order chi connectivity index (χ1) is 26.3. The van der Waals surface area contributed by atoms with Gasteiger partial charge in [-0.3, -0.25) is 0 Å². The van der Waals surface area contributed by atoms with Gasteiger partial charge in [-0.25, -0.2) is 0 Å². The third-order valence-corrected chi connectivity index (χ3v) is 12.4. The highest BCUT2D eigenvalue weighted by atomic mass is 32.1. The Balaban J connectivity index is 1.02. The van der Waals surface area contributed by atoms with E-state index in [9.17, 15) is 0 Å². The molecule has 53 heavy (non-hydrogen) atoms. The molecule has 8 aromatic carbocycles. The molecule has 0 fully saturated rings. The predicted molar refractivity (Wildman–Crippen MR) is 226 cm³/mol. The first-order valence-electron chi connectivity index (χ1n) is 18.1. The summed E-state index contributed by atoms with van der Waals surface area (Å²) in [4.78, 5) is 4.95. The highest BCUT2D eigenvalue weighted by molar-refractivity contribution is 7.25. The van der Waals surface area contributed by atoms with E-state index in [0.717, 1.165) is 27.6 Å². The summed E-state index contributed by atoms with van der Waals surface area (Å²) in [6, 6.07) is 64.4. The standard InChI is InChI=1S/C48H29BN2OS/c1-7-18-44-34(10-1)36-28-31(22-26-45(36)52-44)30-20-23-32(24-21-30)50-40-14-5-3-12-38(40)49-39-13-4-6-15-41(39)51(43-17-9-16-42(50)48(43)49)33-25-27-47-37(29-33)35-11-2-8-19-46(35)53-47/h1-29H. The average Bonchev–Trinajstić information content (AvgIpc) is 3.78. The zero-order chi connectivity index (χ0) is 34.6. The van der Waals surface area contributed by atoms with Crippen molar-refractivity contribution in [2.45, 2.75) is 0 Å². The highest BCUT2D eigenvalue weighted by Gasteiger charge is 2.42. The lowest BCUT2D eigenvalue weighted by Gasteiger charge is -2.44. The van der Waals surface area contributed by atoms with E-state index in [1.165, 1.54) is 76.1 Å². The van der Waals surface area contributed by atoms with Crippen LogP contribution in [0.4, 0.5) is 34.1 Å². The minimum atomic E-state index is 0.114. The molecule has 0 unspecified atom stereocenters. The zero-order valence-corrected chi connectivity index (χ0v) is 29.3. The first-order valence-corrected chi connectivity index (χ1v) is 18.9. The molecule has 3 nitrogen and oxygen atoms in total. The van der Waals surface area contributed by atoms with Gasteiger partial charge in [0.15, 0.2) is 0 Å². The molecule has 246 valence electrons. The van der Waals surface area contributed by atoms with Crippen molar-refractivity contribution in [3.8, 4) is 11.1 Å². The van der Waals surface area contributed by atoms with Gasteiger partial charge in [-0.1, -0.05) is 97.1 Å². The number of para-hydroxylation sites is 3. The summed E-state index contributed by atoms with van der Waals surface area (Å²) in [6.07, 6.45) is 0. The fourth-order valence-electron chi connectivity index (χ4n) is 8.95. The molecule has 0 aliphatic carbocycles. The number of rotatable bonds is 3. The molecule has 0 N–H and O–H groups in total. The first kappa shape index (κ1) is 29.1. The second-order valence-electron chi connectivity index (χ2n) is 14.1. The van der Waals surface area contributed by atoms with Crippen LogP contribution in [0.15, 0.2) is 180 Å². The topological polar surface area (TPSA) is 19.6 Å². The Hall–Kier alpha value is -6.56. The van der Waals surface area contributed by atoms with E-state index < -0.39 is 0 Å². The van der Waals surface area contributed by atoms with E-state index in [2.05, 4.69) is 174 Å². The molecule has 0 bridgehead atoms. The van der Waals surface area contributed by atoms with Crippen LogP contribution in [-0.4, -0.2) is 6.71 Å². The number of thiophene rings is 1. The molecule has 0 atom stereocenters. The predicted octanol–water partition coefficient (Wildman–Crippen LogP) is 11.7. The Morgan fingerprint density at radius 1 is 0.396 bits per heavy atom. The monoisotopic (exact) mass is 692 g/mol. The summed E-state index contributed by atoms with van der Waals surface area (Å²) in [5.74, 6) is 0. The lowest BCUT2D eigenvalue weighted by Crippen LogP contribution is -2.61. The summed E-state index contributed by atoms with van der Waals surface area (Å²) in [5.41, 5.74) is 15.4. The minimum absolute atomic E-state index is 0.114. The number of hydrogen-bond donors (Lipinski definition) is 0. The second kappa shape index (κ2) is 11.0. The van der Waals surface area contributed by atoms with Crippen LogP contribution in [0.25, 0.3) is 53.2 Å². The number of anilines is 6. The van der Waals surface area contributed by atoms with E-state index in [1.54, 1.807) is 0 Å². The second-order valence-corrected chi connectivity index (χ2v) is 15.1. The van der Waals surface area contributed by atoms with Gasteiger partial charge in [0, 0.05) is 65.1 Å². The molecule has 0 spiro atoms. The highest BCUT2D eigenvalue weighted by Crippen LogP contribution is 2.45. The molecule has 2 aliphatic rings. The molecular formula is C48H29BN2OS. The van der Waals surface area contributed by atoms with Crippen LogP contribution in [0.2, 0.25) is 0 Å². The van der Waals surface area contributed by atoms with Crippen LogP contribution in [0.3, 0.4) is 0 Å². The molecule has 12 rings (SSSR count). The van der Waals surface area contributed by atoms with Gasteiger partial charge in [0.25, 0.3) is 6.71 Å². The Bertz CT molecular complexity index is 3110. The smallest absolute Gasteiger partial charge is 0.252 e. The average molecular weight is 693 g/mol. The van der Waals surface area contributed by atoms with Crippen LogP contribution < -0.4 is 26.2 Å². The van der Waals surface area contributed by atoms with Gasteiger partial charge in [-0.2, -0.15) is 0 Å². The molecule has 4 heterocycles. The van der Waals surface area contributed by atoms with Crippen LogP contribution in [0.5, 0.6) is 0 Å². The summed E-state index contributed by atoms with van der Waals surface area (Å²) < 4.78 is 8.76. The molecular weight excluding hydrogens is 663 g/mol. The number of hydrogen-bond acceptors (Lipinski definition) is 4. The van der Waals surface area contributed by atoms with Crippen molar-refractivity contribution in [2.24, 2.45) is 0 Å². The van der Waals surface area contributed by atoms with E-state index in [0.29, 0.717) is 0 Å². The fraction of sp³-hybridized carbons (Fsp3) is 0. The van der Waals surface area contributed by atoms with Gasteiger partial charge < -0.3 is 14.2 Å². The third-order valence-electron chi connectivity index (χ3n) is 11.3. The minimum Gasteiger partial charge on any atom is -0.456 e. The molecule has 10 aromatic rings. The maximum Gasteiger partial charge on any atom is 0.252 e. The normalized spacial score (nSPS) is 13.2. The van der Waals surface area contributed by atoms with Gasteiger partial charge in [0.1, 0.15) is 11.2 Å². The van der Waals surface area contributed by atoms with Gasteiger partial charge in [0.05, 0.1) is 0 Å². The molecule has 5 heteroatoms. The quantitative estimate of drug-likeness (QED) is 0.172. The maximum absolute atomic E-state index is 6.12.